The van der Waals surface area contributed by atoms with Crippen LogP contribution >= 0.6 is 27.3 Å². The van der Waals surface area contributed by atoms with Gasteiger partial charge < -0.3 is 9.80 Å². The minimum atomic E-state index is 0.140. The normalized spacial score (nSPS) is 15.3. The third-order valence-electron chi connectivity index (χ3n) is 3.83. The van der Waals surface area contributed by atoms with Gasteiger partial charge in [0.2, 0.25) is 0 Å². The molecule has 0 atom stereocenters. The number of piperazine rings is 1. The van der Waals surface area contributed by atoms with E-state index < -0.39 is 0 Å². The summed E-state index contributed by atoms with van der Waals surface area (Å²) in [6.07, 6.45) is 0. The SMILES string of the molecule is Cc1ccccc1N1CCN(C(=O)c2sccc2Br)CC1. The number of halogens is 1. The van der Waals surface area contributed by atoms with Crippen molar-refractivity contribution in [1.82, 2.24) is 4.90 Å². The van der Waals surface area contributed by atoms with E-state index in [1.165, 1.54) is 22.6 Å². The fourth-order valence-corrected chi connectivity index (χ4v) is 4.17. The van der Waals surface area contributed by atoms with E-state index in [1.54, 1.807) is 0 Å². The maximum atomic E-state index is 12.5. The minimum absolute atomic E-state index is 0.140. The number of anilines is 1. The monoisotopic (exact) mass is 364 g/mol. The summed E-state index contributed by atoms with van der Waals surface area (Å²) < 4.78 is 0.902. The van der Waals surface area contributed by atoms with E-state index in [2.05, 4.69) is 52.0 Å². The lowest BCUT2D eigenvalue weighted by atomic mass is 10.1. The van der Waals surface area contributed by atoms with E-state index in [4.69, 9.17) is 0 Å². The Balaban J connectivity index is 1.67. The van der Waals surface area contributed by atoms with Gasteiger partial charge in [-0.1, -0.05) is 18.2 Å². The number of carbonyl (C=O) groups excluding carboxylic acids is 1. The van der Waals surface area contributed by atoms with E-state index in [1.807, 2.05) is 16.3 Å². The highest BCUT2D eigenvalue weighted by Gasteiger charge is 2.24. The number of thiophene rings is 1. The van der Waals surface area contributed by atoms with Crippen molar-refractivity contribution < 1.29 is 4.79 Å². The van der Waals surface area contributed by atoms with Crippen LogP contribution in [0.1, 0.15) is 15.2 Å². The van der Waals surface area contributed by atoms with Gasteiger partial charge in [0.25, 0.3) is 5.91 Å². The van der Waals surface area contributed by atoms with Crippen LogP contribution in [0.3, 0.4) is 0 Å². The number of hydrogen-bond acceptors (Lipinski definition) is 3. The first-order chi connectivity index (χ1) is 10.2. The highest BCUT2D eigenvalue weighted by atomic mass is 79.9. The van der Waals surface area contributed by atoms with Crippen LogP contribution in [-0.4, -0.2) is 37.0 Å². The molecule has 5 heteroatoms. The van der Waals surface area contributed by atoms with E-state index in [-0.39, 0.29) is 5.91 Å². The number of rotatable bonds is 2. The second-order valence-electron chi connectivity index (χ2n) is 5.16. The number of carbonyl (C=O) groups is 1. The Labute approximate surface area is 137 Å². The van der Waals surface area contributed by atoms with Crippen LogP contribution < -0.4 is 4.90 Å². The van der Waals surface area contributed by atoms with Crippen LogP contribution in [0.4, 0.5) is 5.69 Å². The maximum absolute atomic E-state index is 12.5. The summed E-state index contributed by atoms with van der Waals surface area (Å²) in [7, 11) is 0. The van der Waals surface area contributed by atoms with Crippen LogP contribution in [0.5, 0.6) is 0 Å². The zero-order chi connectivity index (χ0) is 14.8. The van der Waals surface area contributed by atoms with Crippen molar-refractivity contribution in [1.29, 1.82) is 0 Å². The first-order valence-corrected chi connectivity index (χ1v) is 8.67. The van der Waals surface area contributed by atoms with Gasteiger partial charge in [-0.15, -0.1) is 11.3 Å². The molecule has 0 aliphatic carbocycles. The second-order valence-corrected chi connectivity index (χ2v) is 6.93. The summed E-state index contributed by atoms with van der Waals surface area (Å²) in [5.74, 6) is 0.140. The smallest absolute Gasteiger partial charge is 0.265 e. The zero-order valence-corrected chi connectivity index (χ0v) is 14.3. The minimum Gasteiger partial charge on any atom is -0.368 e. The fourth-order valence-electron chi connectivity index (χ4n) is 2.66. The summed E-state index contributed by atoms with van der Waals surface area (Å²) in [4.78, 5) is 17.6. The van der Waals surface area contributed by atoms with Gasteiger partial charge in [0, 0.05) is 36.3 Å². The summed E-state index contributed by atoms with van der Waals surface area (Å²) in [6, 6.07) is 10.4. The Morgan fingerprint density at radius 3 is 2.48 bits per heavy atom. The molecule has 1 aliphatic heterocycles. The van der Waals surface area contributed by atoms with Crippen LogP contribution in [0.25, 0.3) is 0 Å². The Morgan fingerprint density at radius 2 is 1.86 bits per heavy atom. The van der Waals surface area contributed by atoms with Crippen molar-refractivity contribution in [3.05, 3.63) is 50.6 Å². The molecule has 110 valence electrons. The van der Waals surface area contributed by atoms with Crippen molar-refractivity contribution >= 4 is 38.9 Å². The second kappa shape index (κ2) is 6.20. The molecule has 1 saturated heterocycles. The molecule has 3 nitrogen and oxygen atoms in total. The molecule has 0 N–H and O–H groups in total. The third-order valence-corrected chi connectivity index (χ3v) is 5.66. The summed E-state index contributed by atoms with van der Waals surface area (Å²) in [6.45, 7) is 5.46. The average molecular weight is 365 g/mol. The highest BCUT2D eigenvalue weighted by molar-refractivity contribution is 9.10. The van der Waals surface area contributed by atoms with Gasteiger partial charge >= 0.3 is 0 Å². The van der Waals surface area contributed by atoms with Crippen LogP contribution in [-0.2, 0) is 0 Å². The van der Waals surface area contributed by atoms with Crippen molar-refractivity contribution in [2.24, 2.45) is 0 Å². The lowest BCUT2D eigenvalue weighted by Gasteiger charge is -2.36. The summed E-state index contributed by atoms with van der Waals surface area (Å²) in [5, 5.41) is 1.95. The molecule has 1 aromatic heterocycles. The number of aryl methyl sites for hydroxylation is 1. The summed E-state index contributed by atoms with van der Waals surface area (Å²) >= 11 is 4.94. The molecule has 0 radical (unpaired) electrons. The Hall–Kier alpha value is -1.33. The van der Waals surface area contributed by atoms with Gasteiger partial charge in [-0.25, -0.2) is 0 Å². The summed E-state index contributed by atoms with van der Waals surface area (Å²) in [5.41, 5.74) is 2.57. The Morgan fingerprint density at radius 1 is 1.14 bits per heavy atom. The lowest BCUT2D eigenvalue weighted by molar-refractivity contribution is 0.0751. The first kappa shape index (κ1) is 14.6. The average Bonchev–Trinajstić information content (AvgIpc) is 2.93. The predicted octanol–water partition coefficient (Wildman–Crippen LogP) is 3.78. The third kappa shape index (κ3) is 2.99. The van der Waals surface area contributed by atoms with Crippen LogP contribution in [0.15, 0.2) is 40.2 Å². The van der Waals surface area contributed by atoms with Gasteiger partial charge in [0.15, 0.2) is 0 Å². The van der Waals surface area contributed by atoms with E-state index in [0.29, 0.717) is 0 Å². The lowest BCUT2D eigenvalue weighted by Crippen LogP contribution is -2.48. The first-order valence-electron chi connectivity index (χ1n) is 6.99. The Kier molecular flexibility index (Phi) is 4.31. The molecule has 0 spiro atoms. The molecule has 1 aromatic carbocycles. The van der Waals surface area contributed by atoms with Crippen molar-refractivity contribution in [3.63, 3.8) is 0 Å². The van der Waals surface area contributed by atoms with Gasteiger partial charge in [0.1, 0.15) is 4.88 Å². The van der Waals surface area contributed by atoms with Crippen molar-refractivity contribution in [2.75, 3.05) is 31.1 Å². The largest absolute Gasteiger partial charge is 0.368 e. The molecule has 2 aromatic rings. The van der Waals surface area contributed by atoms with Gasteiger partial charge in [-0.05, 0) is 45.9 Å². The zero-order valence-electron chi connectivity index (χ0n) is 11.9. The van der Waals surface area contributed by atoms with Crippen molar-refractivity contribution in [2.45, 2.75) is 6.92 Å². The Bertz CT molecular complexity index is 647. The van der Waals surface area contributed by atoms with E-state index in [0.717, 1.165) is 35.5 Å². The van der Waals surface area contributed by atoms with Gasteiger partial charge in [-0.3, -0.25) is 4.79 Å². The number of hydrogen-bond donors (Lipinski definition) is 0. The number of nitrogens with zero attached hydrogens (tertiary/aromatic N) is 2. The number of benzene rings is 1. The van der Waals surface area contributed by atoms with Gasteiger partial charge in [0.05, 0.1) is 0 Å². The number of amides is 1. The molecule has 21 heavy (non-hydrogen) atoms. The molecule has 1 amide bonds. The molecule has 1 fully saturated rings. The van der Waals surface area contributed by atoms with Gasteiger partial charge in [-0.2, -0.15) is 0 Å². The topological polar surface area (TPSA) is 23.6 Å². The van der Waals surface area contributed by atoms with Crippen LogP contribution in [0.2, 0.25) is 0 Å². The number of para-hydroxylation sites is 1. The van der Waals surface area contributed by atoms with E-state index >= 15 is 0 Å². The fraction of sp³-hybridized carbons (Fsp3) is 0.312. The molecule has 2 heterocycles. The molecular weight excluding hydrogens is 348 g/mol. The molecule has 0 saturated carbocycles. The highest BCUT2D eigenvalue weighted by Crippen LogP contribution is 2.26. The molecule has 0 unspecified atom stereocenters. The molecule has 0 bridgehead atoms. The van der Waals surface area contributed by atoms with Crippen LogP contribution in [0, 0.1) is 6.92 Å². The molecule has 1 aliphatic rings. The standard InChI is InChI=1S/C16H17BrN2OS/c1-12-4-2-3-5-14(12)18-7-9-19(10-8-18)16(20)15-13(17)6-11-21-15/h2-6,11H,7-10H2,1H3. The quantitative estimate of drug-likeness (QED) is 0.809. The predicted molar refractivity (Wildman–Crippen MR) is 91.3 cm³/mol. The molecular formula is C16H17BrN2OS. The van der Waals surface area contributed by atoms with E-state index in [9.17, 15) is 4.79 Å². The molecule has 3 rings (SSSR count). The van der Waals surface area contributed by atoms with Crippen molar-refractivity contribution in [3.8, 4) is 0 Å². The maximum Gasteiger partial charge on any atom is 0.265 e.